The number of aryl methyl sites for hydroxylation is 1. The zero-order chi connectivity index (χ0) is 21.9. The van der Waals surface area contributed by atoms with E-state index < -0.39 is 0 Å². The lowest BCUT2D eigenvalue weighted by Crippen LogP contribution is -2.48. The first-order valence-electron chi connectivity index (χ1n) is 10.5. The average molecular weight is 451 g/mol. The normalized spacial score (nSPS) is 14.8. The van der Waals surface area contributed by atoms with Crippen LogP contribution in [0.2, 0.25) is 0 Å². The molecule has 5 rings (SSSR count). The van der Waals surface area contributed by atoms with Crippen LogP contribution in [0.1, 0.15) is 12.3 Å². The Balaban J connectivity index is 1.14. The van der Waals surface area contributed by atoms with Gasteiger partial charge >= 0.3 is 0 Å². The molecule has 0 saturated carbocycles. The average Bonchev–Trinajstić information content (AvgIpc) is 3.51. The van der Waals surface area contributed by atoms with E-state index in [1.54, 1.807) is 22.1 Å². The summed E-state index contributed by atoms with van der Waals surface area (Å²) in [6.45, 7) is 3.83. The van der Waals surface area contributed by atoms with Crippen LogP contribution in [0.3, 0.4) is 0 Å². The fourth-order valence-electron chi connectivity index (χ4n) is 3.87. The quantitative estimate of drug-likeness (QED) is 0.444. The Morgan fingerprint density at radius 3 is 2.75 bits per heavy atom. The molecule has 0 N–H and O–H groups in total. The van der Waals surface area contributed by atoms with E-state index >= 15 is 0 Å². The van der Waals surface area contributed by atoms with E-state index in [1.165, 1.54) is 6.20 Å². The SMILES string of the molecule is O=C(CCn1ncc(=O)c2ccccc21)N1CCN(Cc2nc(-c3cccs3)no2)CC1. The van der Waals surface area contributed by atoms with Crippen molar-refractivity contribution < 1.29 is 9.32 Å². The minimum absolute atomic E-state index is 0.0898. The van der Waals surface area contributed by atoms with Crippen molar-refractivity contribution in [3.05, 3.63) is 64.1 Å². The van der Waals surface area contributed by atoms with Crippen molar-refractivity contribution in [1.29, 1.82) is 0 Å². The molecule has 4 aromatic rings. The van der Waals surface area contributed by atoms with Crippen molar-refractivity contribution in [3.8, 4) is 10.7 Å². The van der Waals surface area contributed by atoms with Crippen LogP contribution >= 0.6 is 11.3 Å². The summed E-state index contributed by atoms with van der Waals surface area (Å²) in [7, 11) is 0. The molecule has 164 valence electrons. The molecule has 0 bridgehead atoms. The molecule has 0 spiro atoms. The van der Waals surface area contributed by atoms with Gasteiger partial charge in [0.2, 0.25) is 23.1 Å². The number of thiophene rings is 1. The highest BCUT2D eigenvalue weighted by Gasteiger charge is 2.23. The van der Waals surface area contributed by atoms with Crippen LogP contribution in [0.25, 0.3) is 21.6 Å². The van der Waals surface area contributed by atoms with Gasteiger partial charge in [-0.2, -0.15) is 10.1 Å². The summed E-state index contributed by atoms with van der Waals surface area (Å²) in [6, 6.07) is 11.3. The highest BCUT2D eigenvalue weighted by atomic mass is 32.1. The second kappa shape index (κ2) is 9.01. The number of hydrogen-bond acceptors (Lipinski definition) is 8. The van der Waals surface area contributed by atoms with Crippen molar-refractivity contribution in [1.82, 2.24) is 29.7 Å². The van der Waals surface area contributed by atoms with Gasteiger partial charge in [0.25, 0.3) is 0 Å². The zero-order valence-corrected chi connectivity index (χ0v) is 18.2. The number of rotatable bonds is 6. The van der Waals surface area contributed by atoms with Gasteiger partial charge in [0.15, 0.2) is 0 Å². The first-order chi connectivity index (χ1) is 15.7. The molecule has 9 nitrogen and oxygen atoms in total. The second-order valence-corrected chi connectivity index (χ2v) is 8.59. The predicted octanol–water partition coefficient (Wildman–Crippen LogP) is 2.24. The van der Waals surface area contributed by atoms with Gasteiger partial charge in [0.05, 0.1) is 29.7 Å². The van der Waals surface area contributed by atoms with Crippen molar-refractivity contribution >= 4 is 28.1 Å². The van der Waals surface area contributed by atoms with Gasteiger partial charge in [-0.3, -0.25) is 19.2 Å². The minimum atomic E-state index is -0.108. The molecule has 0 aliphatic carbocycles. The lowest BCUT2D eigenvalue weighted by atomic mass is 10.2. The lowest BCUT2D eigenvalue weighted by molar-refractivity contribution is -0.133. The standard InChI is InChI=1S/C22H22N6O3S/c29-18-14-23-28(17-5-2-1-4-16(17)18)8-7-21(30)27-11-9-26(10-12-27)15-20-24-22(25-31-20)19-6-3-13-32-19/h1-6,13-14H,7-12,15H2. The van der Waals surface area contributed by atoms with Crippen LogP contribution in [0, 0.1) is 0 Å². The highest BCUT2D eigenvalue weighted by molar-refractivity contribution is 7.13. The Morgan fingerprint density at radius 1 is 1.09 bits per heavy atom. The zero-order valence-electron chi connectivity index (χ0n) is 17.4. The first kappa shape index (κ1) is 20.5. The molecular formula is C22H22N6O3S. The predicted molar refractivity (Wildman–Crippen MR) is 120 cm³/mol. The van der Waals surface area contributed by atoms with Gasteiger partial charge in [0.1, 0.15) is 0 Å². The molecular weight excluding hydrogens is 428 g/mol. The summed E-state index contributed by atoms with van der Waals surface area (Å²) >= 11 is 1.58. The van der Waals surface area contributed by atoms with Crippen LogP contribution in [0.15, 0.2) is 57.3 Å². The number of carbonyl (C=O) groups is 1. The Kier molecular flexibility index (Phi) is 5.78. The molecule has 1 fully saturated rings. The molecule has 1 amide bonds. The fourth-order valence-corrected chi connectivity index (χ4v) is 4.52. The summed E-state index contributed by atoms with van der Waals surface area (Å²) in [6.07, 6.45) is 1.65. The number of hydrogen-bond donors (Lipinski definition) is 0. The maximum absolute atomic E-state index is 12.7. The van der Waals surface area contributed by atoms with Crippen LogP contribution in [-0.4, -0.2) is 61.8 Å². The maximum Gasteiger partial charge on any atom is 0.241 e. The lowest BCUT2D eigenvalue weighted by Gasteiger charge is -2.34. The molecule has 32 heavy (non-hydrogen) atoms. The maximum atomic E-state index is 12.7. The van der Waals surface area contributed by atoms with Gasteiger partial charge < -0.3 is 9.42 Å². The number of benzene rings is 1. The van der Waals surface area contributed by atoms with E-state index in [0.717, 1.165) is 23.5 Å². The molecule has 1 aliphatic rings. The van der Waals surface area contributed by atoms with E-state index in [2.05, 4.69) is 20.1 Å². The number of aromatic nitrogens is 4. The number of piperazine rings is 1. The third kappa shape index (κ3) is 4.32. The van der Waals surface area contributed by atoms with E-state index in [9.17, 15) is 9.59 Å². The summed E-state index contributed by atoms with van der Waals surface area (Å²) in [5.41, 5.74) is 0.641. The molecule has 1 aliphatic heterocycles. The number of para-hydroxylation sites is 1. The molecule has 0 atom stereocenters. The third-order valence-electron chi connectivity index (χ3n) is 5.59. The molecule has 1 saturated heterocycles. The van der Waals surface area contributed by atoms with Gasteiger partial charge in [-0.25, -0.2) is 0 Å². The van der Waals surface area contributed by atoms with E-state index in [-0.39, 0.29) is 11.3 Å². The van der Waals surface area contributed by atoms with Crippen molar-refractivity contribution in [2.24, 2.45) is 0 Å². The van der Waals surface area contributed by atoms with Gasteiger partial charge in [-0.1, -0.05) is 23.4 Å². The summed E-state index contributed by atoms with van der Waals surface area (Å²) in [5.74, 6) is 1.30. The fraction of sp³-hybridized carbons (Fsp3) is 0.318. The number of fused-ring (bicyclic) bond motifs is 1. The van der Waals surface area contributed by atoms with Crippen molar-refractivity contribution in [2.45, 2.75) is 19.5 Å². The summed E-state index contributed by atoms with van der Waals surface area (Å²) in [5, 5.41) is 10.9. The van der Waals surface area contributed by atoms with Gasteiger partial charge in [-0.15, -0.1) is 11.3 Å². The van der Waals surface area contributed by atoms with Crippen molar-refractivity contribution in [3.63, 3.8) is 0 Å². The van der Waals surface area contributed by atoms with E-state index in [1.807, 2.05) is 40.6 Å². The second-order valence-electron chi connectivity index (χ2n) is 7.65. The summed E-state index contributed by atoms with van der Waals surface area (Å²) in [4.78, 5) is 34.3. The number of amides is 1. The van der Waals surface area contributed by atoms with Crippen molar-refractivity contribution in [2.75, 3.05) is 26.2 Å². The van der Waals surface area contributed by atoms with Gasteiger partial charge in [0, 0.05) is 38.0 Å². The molecule has 1 aromatic carbocycles. The topological polar surface area (TPSA) is 97.4 Å². The highest BCUT2D eigenvalue weighted by Crippen LogP contribution is 2.21. The molecule has 0 unspecified atom stereocenters. The first-order valence-corrected chi connectivity index (χ1v) is 11.4. The Labute approximate surface area is 187 Å². The largest absolute Gasteiger partial charge is 0.340 e. The smallest absolute Gasteiger partial charge is 0.241 e. The monoisotopic (exact) mass is 450 g/mol. The Morgan fingerprint density at radius 2 is 1.94 bits per heavy atom. The molecule has 10 heteroatoms. The Bertz CT molecular complexity index is 1270. The van der Waals surface area contributed by atoms with Crippen LogP contribution in [0.4, 0.5) is 0 Å². The van der Waals surface area contributed by atoms with Crippen LogP contribution in [-0.2, 0) is 17.9 Å². The van der Waals surface area contributed by atoms with Crippen LogP contribution in [0.5, 0.6) is 0 Å². The molecule has 4 heterocycles. The van der Waals surface area contributed by atoms with Crippen LogP contribution < -0.4 is 5.43 Å². The number of nitrogens with zero attached hydrogens (tertiary/aromatic N) is 6. The Hall–Kier alpha value is -3.37. The third-order valence-corrected chi connectivity index (χ3v) is 6.46. The number of carbonyl (C=O) groups excluding carboxylic acids is 1. The minimum Gasteiger partial charge on any atom is -0.340 e. The summed E-state index contributed by atoms with van der Waals surface area (Å²) < 4.78 is 7.12. The van der Waals surface area contributed by atoms with E-state index in [0.29, 0.717) is 49.7 Å². The molecule has 3 aromatic heterocycles. The molecule has 0 radical (unpaired) electrons. The van der Waals surface area contributed by atoms with Gasteiger partial charge in [-0.05, 0) is 23.6 Å². The van der Waals surface area contributed by atoms with E-state index in [4.69, 9.17) is 4.52 Å².